The number of nitrogens with one attached hydrogen (secondary N) is 1. The molecule has 0 aliphatic rings. The van der Waals surface area contributed by atoms with E-state index in [1.807, 2.05) is 43.3 Å². The minimum Gasteiger partial charge on any atom is -0.467 e. The molecule has 0 saturated heterocycles. The fourth-order valence-electron chi connectivity index (χ4n) is 2.40. The van der Waals surface area contributed by atoms with Crippen molar-refractivity contribution in [3.05, 3.63) is 54.0 Å². The first-order chi connectivity index (χ1) is 11.9. The molecular weight excluding hydrogens is 320 g/mol. The van der Waals surface area contributed by atoms with E-state index >= 15 is 0 Å². The maximum atomic E-state index is 12.4. The Bertz CT molecular complexity index is 662. The van der Waals surface area contributed by atoms with Gasteiger partial charge in [0.15, 0.2) is 0 Å². The zero-order chi connectivity index (χ0) is 18.3. The van der Waals surface area contributed by atoms with Gasteiger partial charge in [-0.15, -0.1) is 0 Å². The summed E-state index contributed by atoms with van der Waals surface area (Å²) in [5, 5.41) is 12.8. The topological polar surface area (TPSA) is 74.9 Å². The lowest BCUT2D eigenvalue weighted by molar-refractivity contribution is 0.0501. The molecule has 2 rings (SSSR count). The highest BCUT2D eigenvalue weighted by atomic mass is 16.5. The predicted molar refractivity (Wildman–Crippen MR) is 96.2 cm³/mol. The Morgan fingerprint density at radius 1 is 1.28 bits per heavy atom. The number of carbonyl (C=O) groups is 1. The third-order valence-corrected chi connectivity index (χ3v) is 3.52. The van der Waals surface area contributed by atoms with Crippen molar-refractivity contribution in [2.24, 2.45) is 0 Å². The lowest BCUT2D eigenvalue weighted by atomic mass is 10.1. The number of benzene rings is 1. The second kappa shape index (κ2) is 8.69. The van der Waals surface area contributed by atoms with Crippen molar-refractivity contribution in [1.82, 2.24) is 4.90 Å². The van der Waals surface area contributed by atoms with E-state index in [4.69, 9.17) is 9.15 Å². The summed E-state index contributed by atoms with van der Waals surface area (Å²) in [6, 6.07) is 10.9. The molecule has 0 unspecified atom stereocenters. The van der Waals surface area contributed by atoms with Gasteiger partial charge >= 0.3 is 6.03 Å². The monoisotopic (exact) mass is 346 g/mol. The van der Waals surface area contributed by atoms with Crippen LogP contribution in [0.2, 0.25) is 0 Å². The van der Waals surface area contributed by atoms with E-state index in [1.54, 1.807) is 25.0 Å². The van der Waals surface area contributed by atoms with Gasteiger partial charge in [-0.05, 0) is 50.6 Å². The fourth-order valence-corrected chi connectivity index (χ4v) is 2.40. The molecule has 0 saturated carbocycles. The number of hydrogen-bond acceptors (Lipinski definition) is 4. The van der Waals surface area contributed by atoms with E-state index in [2.05, 4.69) is 5.32 Å². The first-order valence-corrected chi connectivity index (χ1v) is 8.35. The summed E-state index contributed by atoms with van der Waals surface area (Å²) < 4.78 is 10.8. The van der Waals surface area contributed by atoms with Crippen LogP contribution in [0.4, 0.5) is 10.5 Å². The standard InChI is InChI=1S/C19H26N2O4/c1-4-21(14-19(2,3)23)18(22)20-16-8-5-7-15(11-16)12-24-13-17-9-6-10-25-17/h5-11,23H,4,12-14H2,1-3H3,(H,20,22). The van der Waals surface area contributed by atoms with Gasteiger partial charge in [0, 0.05) is 12.2 Å². The zero-order valence-corrected chi connectivity index (χ0v) is 15.0. The maximum absolute atomic E-state index is 12.4. The highest BCUT2D eigenvalue weighted by Crippen LogP contribution is 2.14. The van der Waals surface area contributed by atoms with Crippen LogP contribution < -0.4 is 5.32 Å². The minimum atomic E-state index is -0.936. The average Bonchev–Trinajstić information content (AvgIpc) is 3.05. The van der Waals surface area contributed by atoms with E-state index in [0.717, 1.165) is 11.3 Å². The van der Waals surface area contributed by atoms with Crippen LogP contribution in [-0.2, 0) is 18.0 Å². The van der Waals surface area contributed by atoms with Gasteiger partial charge in [0.05, 0.1) is 25.0 Å². The van der Waals surface area contributed by atoms with Crippen LogP contribution in [0.3, 0.4) is 0 Å². The quantitative estimate of drug-likeness (QED) is 0.765. The second-order valence-corrected chi connectivity index (χ2v) is 6.53. The predicted octanol–water partition coefficient (Wildman–Crippen LogP) is 3.62. The summed E-state index contributed by atoms with van der Waals surface area (Å²) in [6.07, 6.45) is 1.61. The van der Waals surface area contributed by atoms with Crippen molar-refractivity contribution in [1.29, 1.82) is 0 Å². The van der Waals surface area contributed by atoms with Gasteiger partial charge in [-0.3, -0.25) is 0 Å². The SMILES string of the molecule is CCN(CC(C)(C)O)C(=O)Nc1cccc(COCc2ccco2)c1. The molecule has 136 valence electrons. The molecule has 0 aliphatic heterocycles. The van der Waals surface area contributed by atoms with Crippen molar-refractivity contribution < 1.29 is 19.1 Å². The maximum Gasteiger partial charge on any atom is 0.321 e. The Morgan fingerprint density at radius 2 is 2.08 bits per heavy atom. The van der Waals surface area contributed by atoms with Crippen LogP contribution >= 0.6 is 0 Å². The van der Waals surface area contributed by atoms with E-state index in [0.29, 0.717) is 25.4 Å². The molecule has 2 N–H and O–H groups in total. The van der Waals surface area contributed by atoms with E-state index in [1.165, 1.54) is 0 Å². The highest BCUT2D eigenvalue weighted by molar-refractivity contribution is 5.89. The number of urea groups is 1. The number of furan rings is 1. The second-order valence-electron chi connectivity index (χ2n) is 6.53. The van der Waals surface area contributed by atoms with Gasteiger partial charge < -0.3 is 24.5 Å². The smallest absolute Gasteiger partial charge is 0.321 e. The molecule has 2 aromatic rings. The summed E-state index contributed by atoms with van der Waals surface area (Å²) in [6.45, 7) is 6.84. The molecule has 0 bridgehead atoms. The molecule has 6 heteroatoms. The lowest BCUT2D eigenvalue weighted by Gasteiger charge is -2.28. The van der Waals surface area contributed by atoms with Crippen LogP contribution in [0.5, 0.6) is 0 Å². The normalized spacial score (nSPS) is 11.4. The van der Waals surface area contributed by atoms with E-state index in [9.17, 15) is 9.90 Å². The molecule has 0 fully saturated rings. The highest BCUT2D eigenvalue weighted by Gasteiger charge is 2.21. The summed E-state index contributed by atoms with van der Waals surface area (Å²) in [5.74, 6) is 0.773. The summed E-state index contributed by atoms with van der Waals surface area (Å²) >= 11 is 0. The zero-order valence-electron chi connectivity index (χ0n) is 15.0. The molecule has 1 heterocycles. The van der Waals surface area contributed by atoms with Gasteiger partial charge in [-0.2, -0.15) is 0 Å². The Balaban J connectivity index is 1.90. The van der Waals surface area contributed by atoms with Crippen LogP contribution in [0.1, 0.15) is 32.1 Å². The molecule has 1 aromatic heterocycles. The number of amides is 2. The first-order valence-electron chi connectivity index (χ1n) is 8.35. The third kappa shape index (κ3) is 6.60. The minimum absolute atomic E-state index is 0.238. The first kappa shape index (κ1) is 19.0. The van der Waals surface area contributed by atoms with Crippen molar-refractivity contribution >= 4 is 11.7 Å². The number of nitrogens with zero attached hydrogens (tertiary/aromatic N) is 1. The molecule has 1 aromatic carbocycles. The van der Waals surface area contributed by atoms with Crippen molar-refractivity contribution in [3.63, 3.8) is 0 Å². The van der Waals surface area contributed by atoms with Crippen LogP contribution in [-0.4, -0.2) is 34.7 Å². The number of anilines is 1. The van der Waals surface area contributed by atoms with Gasteiger partial charge in [0.1, 0.15) is 12.4 Å². The largest absolute Gasteiger partial charge is 0.467 e. The van der Waals surface area contributed by atoms with Gasteiger partial charge in [-0.25, -0.2) is 4.79 Å². The van der Waals surface area contributed by atoms with E-state index < -0.39 is 5.60 Å². The number of carbonyl (C=O) groups excluding carboxylic acids is 1. The molecule has 6 nitrogen and oxygen atoms in total. The molecule has 2 amide bonds. The van der Waals surface area contributed by atoms with Crippen LogP contribution in [0.15, 0.2) is 47.1 Å². The number of hydrogen-bond donors (Lipinski definition) is 2. The lowest BCUT2D eigenvalue weighted by Crippen LogP contribution is -2.44. The number of likely N-dealkylation sites (N-methyl/N-ethyl adjacent to an activating group) is 1. The van der Waals surface area contributed by atoms with Crippen molar-refractivity contribution in [2.45, 2.75) is 39.6 Å². The Morgan fingerprint density at radius 3 is 2.72 bits per heavy atom. The molecular formula is C19H26N2O4. The molecule has 0 aliphatic carbocycles. The number of rotatable bonds is 8. The number of aliphatic hydroxyl groups is 1. The Labute approximate surface area is 148 Å². The Hall–Kier alpha value is -2.31. The van der Waals surface area contributed by atoms with Crippen molar-refractivity contribution in [3.8, 4) is 0 Å². The van der Waals surface area contributed by atoms with Crippen molar-refractivity contribution in [2.75, 3.05) is 18.4 Å². The molecule has 0 radical (unpaired) electrons. The summed E-state index contributed by atoms with van der Waals surface area (Å²) in [4.78, 5) is 13.9. The Kier molecular flexibility index (Phi) is 6.61. The fraction of sp³-hybridized carbons (Fsp3) is 0.421. The molecule has 0 atom stereocenters. The molecule has 25 heavy (non-hydrogen) atoms. The third-order valence-electron chi connectivity index (χ3n) is 3.52. The van der Waals surface area contributed by atoms with Crippen LogP contribution in [0.25, 0.3) is 0 Å². The molecule has 0 spiro atoms. The van der Waals surface area contributed by atoms with Gasteiger partial charge in [0.25, 0.3) is 0 Å². The summed E-state index contributed by atoms with van der Waals surface area (Å²) in [5.41, 5.74) is 0.711. The van der Waals surface area contributed by atoms with Crippen LogP contribution in [0, 0.1) is 0 Å². The average molecular weight is 346 g/mol. The van der Waals surface area contributed by atoms with E-state index in [-0.39, 0.29) is 12.6 Å². The number of ether oxygens (including phenoxy) is 1. The summed E-state index contributed by atoms with van der Waals surface area (Å²) in [7, 11) is 0. The van der Waals surface area contributed by atoms with Gasteiger partial charge in [-0.1, -0.05) is 12.1 Å². The van der Waals surface area contributed by atoms with Gasteiger partial charge in [0.2, 0.25) is 0 Å².